The van der Waals surface area contributed by atoms with Gasteiger partial charge in [0.2, 0.25) is 5.91 Å². The van der Waals surface area contributed by atoms with Gasteiger partial charge in [-0.05, 0) is 63.9 Å². The minimum absolute atomic E-state index is 0.0606. The van der Waals surface area contributed by atoms with Crippen molar-refractivity contribution >= 4 is 40.8 Å². The average Bonchev–Trinajstić information content (AvgIpc) is 3.15. The van der Waals surface area contributed by atoms with Gasteiger partial charge in [0, 0.05) is 10.5 Å². The SMILES string of the molecule is C=C(S/C=C(\CC)CC(=O)O)C1(C)C(=O)Nc2nc(C(=C(/C)CC)/C(/C=C\C)=C(/C)C(C)CC)nc(N)c21. The lowest BCUT2D eigenvalue weighted by Gasteiger charge is -2.25. The third kappa shape index (κ3) is 6.29. The van der Waals surface area contributed by atoms with E-state index in [0.717, 1.165) is 35.1 Å². The molecule has 206 valence electrons. The molecule has 0 radical (unpaired) electrons. The van der Waals surface area contributed by atoms with E-state index in [9.17, 15) is 9.59 Å². The normalized spacial score (nSPS) is 19.6. The van der Waals surface area contributed by atoms with E-state index >= 15 is 0 Å². The van der Waals surface area contributed by atoms with E-state index in [1.54, 1.807) is 12.3 Å². The molecule has 2 rings (SSSR count). The van der Waals surface area contributed by atoms with Gasteiger partial charge >= 0.3 is 5.97 Å². The zero-order valence-electron chi connectivity index (χ0n) is 24.0. The maximum absolute atomic E-state index is 13.3. The van der Waals surface area contributed by atoms with Crippen LogP contribution in [0.3, 0.4) is 0 Å². The van der Waals surface area contributed by atoms with Gasteiger partial charge in [0.1, 0.15) is 17.1 Å². The molecular weight excluding hydrogens is 496 g/mol. The van der Waals surface area contributed by atoms with Gasteiger partial charge in [-0.15, -0.1) is 11.8 Å². The number of nitrogens with zero attached hydrogens (tertiary/aromatic N) is 2. The Morgan fingerprint density at radius 2 is 1.89 bits per heavy atom. The second-order valence-electron chi connectivity index (χ2n) is 9.89. The number of rotatable bonds is 12. The van der Waals surface area contributed by atoms with Crippen LogP contribution in [0.25, 0.3) is 5.57 Å². The van der Waals surface area contributed by atoms with E-state index in [4.69, 9.17) is 20.8 Å². The highest BCUT2D eigenvalue weighted by atomic mass is 32.2. The molecule has 0 aromatic carbocycles. The molecule has 0 fully saturated rings. The first-order chi connectivity index (χ1) is 17.9. The summed E-state index contributed by atoms with van der Waals surface area (Å²) in [5.74, 6) is 0.276. The number of thioether (sulfide) groups is 1. The van der Waals surface area contributed by atoms with Crippen molar-refractivity contribution in [2.75, 3.05) is 11.1 Å². The molecule has 1 amide bonds. The first kappa shape index (κ1) is 31.1. The molecule has 0 bridgehead atoms. The molecule has 2 unspecified atom stereocenters. The first-order valence-electron chi connectivity index (χ1n) is 13.2. The largest absolute Gasteiger partial charge is 0.481 e. The Labute approximate surface area is 231 Å². The van der Waals surface area contributed by atoms with Crippen LogP contribution in [0.4, 0.5) is 11.6 Å². The molecule has 0 saturated carbocycles. The highest BCUT2D eigenvalue weighted by Crippen LogP contribution is 2.48. The molecule has 7 nitrogen and oxygen atoms in total. The number of hydrogen-bond donors (Lipinski definition) is 3. The van der Waals surface area contributed by atoms with Crippen molar-refractivity contribution in [3.63, 3.8) is 0 Å². The fourth-order valence-electron chi connectivity index (χ4n) is 4.37. The van der Waals surface area contributed by atoms with Crippen molar-refractivity contribution in [2.45, 2.75) is 86.5 Å². The predicted molar refractivity (Wildman–Crippen MR) is 160 cm³/mol. The molecule has 2 atom stereocenters. The molecule has 0 saturated heterocycles. The number of carboxylic acid groups (broad SMARTS) is 1. The third-order valence-electron chi connectivity index (χ3n) is 7.44. The van der Waals surface area contributed by atoms with Crippen molar-refractivity contribution in [1.29, 1.82) is 0 Å². The Bertz CT molecular complexity index is 1240. The number of nitrogen functional groups attached to an aromatic ring is 1. The number of anilines is 2. The summed E-state index contributed by atoms with van der Waals surface area (Å²) < 4.78 is 0. The Balaban J connectivity index is 2.68. The zero-order valence-corrected chi connectivity index (χ0v) is 24.8. The van der Waals surface area contributed by atoms with Crippen LogP contribution < -0.4 is 11.1 Å². The number of aliphatic carboxylic acids is 1. The van der Waals surface area contributed by atoms with Crippen LogP contribution in [-0.4, -0.2) is 27.0 Å². The molecular formula is C30H42N4O3S. The van der Waals surface area contributed by atoms with E-state index in [0.29, 0.717) is 34.4 Å². The lowest BCUT2D eigenvalue weighted by molar-refractivity contribution is -0.136. The summed E-state index contributed by atoms with van der Waals surface area (Å²) in [5, 5.41) is 13.8. The summed E-state index contributed by atoms with van der Waals surface area (Å²) >= 11 is 1.25. The van der Waals surface area contributed by atoms with Gasteiger partial charge in [-0.3, -0.25) is 9.59 Å². The number of carboxylic acids is 1. The molecule has 2 heterocycles. The molecule has 8 heteroatoms. The van der Waals surface area contributed by atoms with Crippen molar-refractivity contribution in [2.24, 2.45) is 5.92 Å². The van der Waals surface area contributed by atoms with Crippen LogP contribution in [0, 0.1) is 5.92 Å². The molecule has 4 N–H and O–H groups in total. The number of aromatic nitrogens is 2. The molecule has 1 aromatic rings. The molecule has 0 spiro atoms. The minimum Gasteiger partial charge on any atom is -0.481 e. The van der Waals surface area contributed by atoms with Gasteiger partial charge in [0.25, 0.3) is 0 Å². The second-order valence-corrected chi connectivity index (χ2v) is 10.9. The minimum atomic E-state index is -1.17. The Kier molecular flexibility index (Phi) is 10.7. The van der Waals surface area contributed by atoms with Gasteiger partial charge in [-0.25, -0.2) is 9.97 Å². The monoisotopic (exact) mass is 538 g/mol. The number of carbonyl (C=O) groups excluding carboxylic acids is 1. The smallest absolute Gasteiger partial charge is 0.307 e. The van der Waals surface area contributed by atoms with Gasteiger partial charge in [0.15, 0.2) is 5.82 Å². The van der Waals surface area contributed by atoms with Crippen LogP contribution in [0.2, 0.25) is 0 Å². The maximum atomic E-state index is 13.3. The van der Waals surface area contributed by atoms with Crippen LogP contribution in [0.5, 0.6) is 0 Å². The van der Waals surface area contributed by atoms with Crippen molar-refractivity contribution in [3.8, 4) is 0 Å². The number of carbonyl (C=O) groups is 2. The average molecular weight is 539 g/mol. The van der Waals surface area contributed by atoms with E-state index < -0.39 is 11.4 Å². The Morgan fingerprint density at radius 3 is 2.42 bits per heavy atom. The van der Waals surface area contributed by atoms with Gasteiger partial charge < -0.3 is 16.2 Å². The summed E-state index contributed by atoms with van der Waals surface area (Å²) in [4.78, 5) is 34.6. The fraction of sp³-hybridized carbons (Fsp3) is 0.467. The van der Waals surface area contributed by atoms with Crippen LogP contribution in [0.15, 0.2) is 51.3 Å². The van der Waals surface area contributed by atoms with Gasteiger partial charge in [-0.2, -0.15) is 0 Å². The lowest BCUT2D eigenvalue weighted by Crippen LogP contribution is -2.32. The van der Waals surface area contributed by atoms with E-state index in [1.165, 1.54) is 17.3 Å². The molecule has 38 heavy (non-hydrogen) atoms. The number of amides is 1. The Morgan fingerprint density at radius 1 is 1.24 bits per heavy atom. The van der Waals surface area contributed by atoms with Crippen LogP contribution >= 0.6 is 11.8 Å². The summed E-state index contributed by atoms with van der Waals surface area (Å²) in [6, 6.07) is 0. The summed E-state index contributed by atoms with van der Waals surface area (Å²) in [6.45, 7) is 20.5. The highest BCUT2D eigenvalue weighted by molar-refractivity contribution is 8.05. The standard InChI is InChI=1S/C30H42N4O3S/c1-10-14-22(19(7)17(5)11-2)24(18(6)12-3)27-32-26(31)25-28(33-27)34-29(37)30(25,9)20(8)38-16-21(13-4)15-23(35)36/h10,14,16-17H,8,11-13,15H2,1-7,9H3,(H,35,36)(H3,31,32,33,34,37)/b14-10-,21-16+,22-19-,24-18-. The van der Waals surface area contributed by atoms with Gasteiger partial charge in [-0.1, -0.05) is 63.1 Å². The summed E-state index contributed by atoms with van der Waals surface area (Å²) in [7, 11) is 0. The molecule has 1 aliphatic heterocycles. The maximum Gasteiger partial charge on any atom is 0.307 e. The van der Waals surface area contributed by atoms with E-state index in [2.05, 4.69) is 52.6 Å². The van der Waals surface area contributed by atoms with Crippen LogP contribution in [0.1, 0.15) is 92.5 Å². The van der Waals surface area contributed by atoms with Crippen molar-refractivity contribution in [3.05, 3.63) is 62.7 Å². The Hall–Kier alpha value is -3.13. The van der Waals surface area contributed by atoms with Crippen molar-refractivity contribution < 1.29 is 14.7 Å². The summed E-state index contributed by atoms with van der Waals surface area (Å²) in [6.07, 6.45) is 6.46. The predicted octanol–water partition coefficient (Wildman–Crippen LogP) is 7.41. The van der Waals surface area contributed by atoms with Crippen molar-refractivity contribution in [1.82, 2.24) is 9.97 Å². The molecule has 1 aliphatic rings. The first-order valence-corrected chi connectivity index (χ1v) is 14.0. The van der Waals surface area contributed by atoms with E-state index in [-0.39, 0.29) is 18.1 Å². The second kappa shape index (κ2) is 13.1. The highest BCUT2D eigenvalue weighted by Gasteiger charge is 2.48. The number of hydrogen-bond acceptors (Lipinski definition) is 6. The fourth-order valence-corrected chi connectivity index (χ4v) is 5.36. The number of nitrogens with one attached hydrogen (secondary N) is 1. The molecule has 1 aromatic heterocycles. The number of allylic oxidation sites excluding steroid dienone is 6. The summed E-state index contributed by atoms with van der Waals surface area (Å²) in [5.41, 5.74) is 11.0. The van der Waals surface area contributed by atoms with Gasteiger partial charge in [0.05, 0.1) is 12.0 Å². The lowest BCUT2D eigenvalue weighted by atomic mass is 9.84. The zero-order chi connectivity index (χ0) is 28.8. The number of nitrogens with two attached hydrogens (primary N) is 1. The van der Waals surface area contributed by atoms with Crippen LogP contribution in [-0.2, 0) is 15.0 Å². The molecule has 0 aliphatic carbocycles. The number of fused-ring (bicyclic) bond motifs is 1. The van der Waals surface area contributed by atoms with E-state index in [1.807, 2.05) is 19.9 Å². The quantitative estimate of drug-likeness (QED) is 0.237. The topological polar surface area (TPSA) is 118 Å². The third-order valence-corrected chi connectivity index (χ3v) is 8.58.